The molecule has 1 atom stereocenters. The van der Waals surface area contributed by atoms with Gasteiger partial charge in [0.05, 0.1) is 10.9 Å². The molecule has 2 aromatic rings. The maximum Gasteiger partial charge on any atom is 0.231 e. The van der Waals surface area contributed by atoms with Crippen LogP contribution in [0, 0.1) is 0 Å². The van der Waals surface area contributed by atoms with Crippen molar-refractivity contribution < 1.29 is 9.59 Å². The molecule has 0 bridgehead atoms. The molecule has 27 heavy (non-hydrogen) atoms. The minimum absolute atomic E-state index is 0.0647. The number of amidine groups is 1. The van der Waals surface area contributed by atoms with E-state index in [2.05, 4.69) is 4.99 Å². The molecule has 5 nitrogen and oxygen atoms in total. The number of hydrogen-bond acceptors (Lipinski definition) is 4. The maximum absolute atomic E-state index is 12.6. The number of nitrogens with zero attached hydrogens (tertiary/aromatic N) is 2. The number of amides is 2. The van der Waals surface area contributed by atoms with E-state index in [0.717, 1.165) is 5.56 Å². The smallest absolute Gasteiger partial charge is 0.231 e. The van der Waals surface area contributed by atoms with Gasteiger partial charge in [0.15, 0.2) is 5.17 Å². The number of hydrogen-bond donors (Lipinski definition) is 1. The Hall–Kier alpha value is -2.02. The fourth-order valence-electron chi connectivity index (χ4n) is 2.62. The van der Waals surface area contributed by atoms with E-state index < -0.39 is 11.2 Å². The molecule has 2 aromatic carbocycles. The molecule has 1 saturated heterocycles. The molecular weight excluding hydrogens is 405 g/mol. The fourth-order valence-corrected chi connectivity index (χ4v) is 4.01. The Labute approximate surface area is 171 Å². The summed E-state index contributed by atoms with van der Waals surface area (Å²) >= 11 is 13.1. The number of benzene rings is 2. The average Bonchev–Trinajstić information content (AvgIpc) is 2.62. The average molecular weight is 422 g/mol. The molecule has 1 heterocycles. The van der Waals surface area contributed by atoms with Gasteiger partial charge in [-0.2, -0.15) is 0 Å². The second-order valence-electron chi connectivity index (χ2n) is 6.01. The zero-order valence-corrected chi connectivity index (χ0v) is 16.6. The first kappa shape index (κ1) is 19.7. The second kappa shape index (κ2) is 8.78. The van der Waals surface area contributed by atoms with Crippen LogP contribution in [0.4, 0.5) is 5.69 Å². The normalized spacial score (nSPS) is 18.7. The predicted molar refractivity (Wildman–Crippen MR) is 111 cm³/mol. The van der Waals surface area contributed by atoms with Gasteiger partial charge in [-0.05, 0) is 42.3 Å². The van der Waals surface area contributed by atoms with E-state index in [0.29, 0.717) is 33.9 Å². The van der Waals surface area contributed by atoms with Gasteiger partial charge in [-0.1, -0.05) is 53.2 Å². The number of halogens is 2. The van der Waals surface area contributed by atoms with Crippen LogP contribution < -0.4 is 5.73 Å². The maximum atomic E-state index is 12.6. The molecule has 140 valence electrons. The summed E-state index contributed by atoms with van der Waals surface area (Å²) in [5, 5.41) is 1.03. The highest BCUT2D eigenvalue weighted by Gasteiger charge is 2.34. The van der Waals surface area contributed by atoms with Crippen molar-refractivity contribution in [3.8, 4) is 0 Å². The first-order valence-corrected chi connectivity index (χ1v) is 9.91. The van der Waals surface area contributed by atoms with Crippen LogP contribution in [0.3, 0.4) is 0 Å². The number of primary amides is 1. The summed E-state index contributed by atoms with van der Waals surface area (Å²) in [7, 11) is 0. The van der Waals surface area contributed by atoms with Gasteiger partial charge in [-0.25, -0.2) is 4.99 Å². The summed E-state index contributed by atoms with van der Waals surface area (Å²) < 4.78 is 0. The number of nitrogens with two attached hydrogens (primary N) is 1. The van der Waals surface area contributed by atoms with Gasteiger partial charge in [0, 0.05) is 23.0 Å². The van der Waals surface area contributed by atoms with Crippen LogP contribution in [-0.4, -0.2) is 33.7 Å². The van der Waals surface area contributed by atoms with Crippen molar-refractivity contribution in [2.45, 2.75) is 18.1 Å². The molecule has 0 unspecified atom stereocenters. The van der Waals surface area contributed by atoms with Crippen molar-refractivity contribution in [1.29, 1.82) is 0 Å². The zero-order chi connectivity index (χ0) is 19.4. The van der Waals surface area contributed by atoms with E-state index in [4.69, 9.17) is 28.9 Å². The quantitative estimate of drug-likeness (QED) is 0.790. The number of thioether (sulfide) groups is 1. The molecule has 1 fully saturated rings. The summed E-state index contributed by atoms with van der Waals surface area (Å²) in [6.45, 7) is 0.443. The van der Waals surface area contributed by atoms with Gasteiger partial charge >= 0.3 is 0 Å². The molecule has 0 saturated carbocycles. The Morgan fingerprint density at radius 2 is 1.93 bits per heavy atom. The lowest BCUT2D eigenvalue weighted by atomic mass is 10.1. The SMILES string of the molecule is NC(=O)[C@@H]1CC(=O)N(CCc2ccc(Cl)cc2)C(=Nc2cccc(Cl)c2)S1. The number of carbonyl (C=O) groups excluding carboxylic acids is 2. The van der Waals surface area contributed by atoms with Crippen LogP contribution in [0.15, 0.2) is 53.5 Å². The third-order valence-corrected chi connectivity index (χ3v) is 5.72. The molecule has 0 spiro atoms. The molecule has 1 aliphatic rings. The molecule has 2 N–H and O–H groups in total. The van der Waals surface area contributed by atoms with Crippen LogP contribution >= 0.6 is 35.0 Å². The van der Waals surface area contributed by atoms with Crippen LogP contribution in [0.25, 0.3) is 0 Å². The summed E-state index contributed by atoms with van der Waals surface area (Å²) in [6, 6.07) is 14.5. The lowest BCUT2D eigenvalue weighted by molar-refractivity contribution is -0.129. The van der Waals surface area contributed by atoms with Gasteiger partial charge in [0.2, 0.25) is 11.8 Å². The third-order valence-electron chi connectivity index (χ3n) is 4.03. The molecule has 2 amide bonds. The third kappa shape index (κ3) is 5.25. The van der Waals surface area contributed by atoms with Crippen LogP contribution in [0.5, 0.6) is 0 Å². The summed E-state index contributed by atoms with van der Waals surface area (Å²) in [4.78, 5) is 30.4. The van der Waals surface area contributed by atoms with Crippen molar-refractivity contribution >= 4 is 57.6 Å². The number of rotatable bonds is 5. The standard InChI is InChI=1S/C19H17Cl2N3O2S/c20-13-6-4-12(5-7-13)8-9-24-17(25)11-16(18(22)26)27-19(24)23-15-3-1-2-14(21)10-15/h1-7,10,16H,8-9,11H2,(H2,22,26)/t16-/m0/s1. The first-order chi connectivity index (χ1) is 12.9. The van der Waals surface area contributed by atoms with Gasteiger partial charge in [-0.3, -0.25) is 14.5 Å². The minimum Gasteiger partial charge on any atom is -0.369 e. The summed E-state index contributed by atoms with van der Waals surface area (Å²) in [6.07, 6.45) is 0.703. The molecular formula is C19H17Cl2N3O2S. The van der Waals surface area contributed by atoms with Crippen LogP contribution in [0.2, 0.25) is 10.0 Å². The van der Waals surface area contributed by atoms with Gasteiger partial charge < -0.3 is 5.73 Å². The highest BCUT2D eigenvalue weighted by Crippen LogP contribution is 2.29. The van der Waals surface area contributed by atoms with Crippen molar-refractivity contribution in [3.63, 3.8) is 0 Å². The lowest BCUT2D eigenvalue weighted by Gasteiger charge is -2.31. The molecule has 3 rings (SSSR count). The van der Waals surface area contributed by atoms with Crippen molar-refractivity contribution in [1.82, 2.24) is 4.90 Å². The van der Waals surface area contributed by atoms with E-state index >= 15 is 0 Å². The van der Waals surface area contributed by atoms with Crippen LogP contribution in [0.1, 0.15) is 12.0 Å². The van der Waals surface area contributed by atoms with E-state index in [1.54, 1.807) is 29.2 Å². The summed E-state index contributed by atoms with van der Waals surface area (Å²) in [5.74, 6) is -0.697. The minimum atomic E-state index is -0.623. The second-order valence-corrected chi connectivity index (χ2v) is 8.05. The zero-order valence-electron chi connectivity index (χ0n) is 14.3. The summed E-state index contributed by atoms with van der Waals surface area (Å²) in [5.41, 5.74) is 7.08. The van der Waals surface area contributed by atoms with Crippen molar-refractivity contribution in [3.05, 3.63) is 64.1 Å². The predicted octanol–water partition coefficient (Wildman–Crippen LogP) is 4.04. The Kier molecular flexibility index (Phi) is 6.42. The van der Waals surface area contributed by atoms with Crippen LogP contribution in [-0.2, 0) is 16.0 Å². The highest BCUT2D eigenvalue weighted by atomic mass is 35.5. The molecule has 0 aliphatic carbocycles. The van der Waals surface area contributed by atoms with E-state index in [1.165, 1.54) is 11.8 Å². The van der Waals surface area contributed by atoms with Gasteiger partial charge in [-0.15, -0.1) is 0 Å². The molecule has 8 heteroatoms. The fraction of sp³-hybridized carbons (Fsp3) is 0.211. The number of aliphatic imine (C=N–C) groups is 1. The molecule has 0 radical (unpaired) electrons. The number of carbonyl (C=O) groups is 2. The Balaban J connectivity index is 1.84. The van der Waals surface area contributed by atoms with Gasteiger partial charge in [0.25, 0.3) is 0 Å². The lowest BCUT2D eigenvalue weighted by Crippen LogP contribution is -2.46. The first-order valence-electron chi connectivity index (χ1n) is 8.27. The topological polar surface area (TPSA) is 75.8 Å². The molecule has 0 aromatic heterocycles. The largest absolute Gasteiger partial charge is 0.369 e. The van der Waals surface area contributed by atoms with E-state index in [-0.39, 0.29) is 12.3 Å². The van der Waals surface area contributed by atoms with E-state index in [9.17, 15) is 9.59 Å². The monoisotopic (exact) mass is 421 g/mol. The Morgan fingerprint density at radius 1 is 1.19 bits per heavy atom. The van der Waals surface area contributed by atoms with Crippen molar-refractivity contribution in [2.75, 3.05) is 6.54 Å². The molecule has 1 aliphatic heterocycles. The highest BCUT2D eigenvalue weighted by molar-refractivity contribution is 8.15. The van der Waals surface area contributed by atoms with Crippen molar-refractivity contribution in [2.24, 2.45) is 10.7 Å². The Morgan fingerprint density at radius 3 is 2.59 bits per heavy atom. The van der Waals surface area contributed by atoms with Gasteiger partial charge in [0.1, 0.15) is 0 Å². The Bertz CT molecular complexity index is 887. The van der Waals surface area contributed by atoms with E-state index in [1.807, 2.05) is 24.3 Å².